The molecule has 2 amide bonds. The molecule has 0 aliphatic carbocycles. The second-order valence-corrected chi connectivity index (χ2v) is 7.28. The number of nitrogens with zero attached hydrogens (tertiary/aromatic N) is 1. The summed E-state index contributed by atoms with van der Waals surface area (Å²) in [6.45, 7) is 1.69. The summed E-state index contributed by atoms with van der Waals surface area (Å²) >= 11 is 0. The van der Waals surface area contributed by atoms with Crippen molar-refractivity contribution in [3.63, 3.8) is 0 Å². The van der Waals surface area contributed by atoms with E-state index in [1.54, 1.807) is 37.3 Å². The van der Waals surface area contributed by atoms with Crippen LogP contribution in [0.2, 0.25) is 0 Å². The van der Waals surface area contributed by atoms with E-state index in [1.807, 2.05) is 42.5 Å². The molecule has 3 rings (SSSR count). The van der Waals surface area contributed by atoms with Gasteiger partial charge >= 0.3 is 0 Å². The van der Waals surface area contributed by atoms with Crippen molar-refractivity contribution >= 4 is 17.9 Å². The van der Waals surface area contributed by atoms with Crippen LogP contribution in [0.1, 0.15) is 24.0 Å². The number of carbonyl (C=O) groups is 2. The minimum absolute atomic E-state index is 0.0515. The molecule has 0 saturated carbocycles. The molecule has 2 aromatic carbocycles. The van der Waals surface area contributed by atoms with Crippen molar-refractivity contribution in [1.82, 2.24) is 10.2 Å². The van der Waals surface area contributed by atoms with E-state index in [4.69, 9.17) is 9.47 Å². The number of nitrogens with one attached hydrogen (secondary N) is 1. The van der Waals surface area contributed by atoms with Gasteiger partial charge < -0.3 is 19.7 Å². The van der Waals surface area contributed by atoms with Crippen molar-refractivity contribution < 1.29 is 19.1 Å². The Labute approximate surface area is 177 Å². The SMILES string of the molecule is COc1cc(/C=C/C(=O)N2CCC(C(=O)NCc3ccccc3)CC2)cc(OC)c1. The van der Waals surface area contributed by atoms with Crippen LogP contribution in [-0.4, -0.2) is 44.0 Å². The van der Waals surface area contributed by atoms with Crippen molar-refractivity contribution in [3.05, 3.63) is 65.7 Å². The van der Waals surface area contributed by atoms with Crippen molar-refractivity contribution in [2.24, 2.45) is 5.92 Å². The van der Waals surface area contributed by atoms with Gasteiger partial charge in [-0.2, -0.15) is 0 Å². The monoisotopic (exact) mass is 408 g/mol. The number of ether oxygens (including phenoxy) is 2. The Balaban J connectivity index is 1.49. The van der Waals surface area contributed by atoms with Crippen molar-refractivity contribution in [2.45, 2.75) is 19.4 Å². The van der Waals surface area contributed by atoms with Gasteiger partial charge in [0.1, 0.15) is 11.5 Å². The summed E-state index contributed by atoms with van der Waals surface area (Å²) in [5, 5.41) is 3.00. The highest BCUT2D eigenvalue weighted by Gasteiger charge is 2.26. The van der Waals surface area contributed by atoms with Crippen molar-refractivity contribution in [2.75, 3.05) is 27.3 Å². The highest BCUT2D eigenvalue weighted by atomic mass is 16.5. The summed E-state index contributed by atoms with van der Waals surface area (Å²) in [6, 6.07) is 15.3. The first-order valence-corrected chi connectivity index (χ1v) is 10.1. The zero-order valence-corrected chi connectivity index (χ0v) is 17.5. The molecule has 2 aromatic rings. The van der Waals surface area contributed by atoms with Crippen LogP contribution in [0.5, 0.6) is 11.5 Å². The maximum Gasteiger partial charge on any atom is 0.246 e. The molecule has 158 valence electrons. The number of carbonyl (C=O) groups excluding carboxylic acids is 2. The molecule has 6 heteroatoms. The summed E-state index contributed by atoms with van der Waals surface area (Å²) in [7, 11) is 3.18. The van der Waals surface area contributed by atoms with E-state index in [2.05, 4.69) is 5.32 Å². The van der Waals surface area contributed by atoms with Crippen LogP contribution in [0.25, 0.3) is 6.08 Å². The number of hydrogen-bond acceptors (Lipinski definition) is 4. The smallest absolute Gasteiger partial charge is 0.246 e. The summed E-state index contributed by atoms with van der Waals surface area (Å²) in [4.78, 5) is 26.8. The van der Waals surface area contributed by atoms with Gasteiger partial charge in [-0.1, -0.05) is 30.3 Å². The minimum atomic E-state index is -0.0556. The topological polar surface area (TPSA) is 67.9 Å². The van der Waals surface area contributed by atoms with E-state index >= 15 is 0 Å². The number of benzene rings is 2. The predicted octanol–water partition coefficient (Wildman–Crippen LogP) is 3.27. The van der Waals surface area contributed by atoms with Crippen LogP contribution in [0, 0.1) is 5.92 Å². The second kappa shape index (κ2) is 10.5. The Morgan fingerprint density at radius 1 is 1.03 bits per heavy atom. The van der Waals surface area contributed by atoms with E-state index in [9.17, 15) is 9.59 Å². The van der Waals surface area contributed by atoms with Gasteiger partial charge in [0.05, 0.1) is 14.2 Å². The largest absolute Gasteiger partial charge is 0.497 e. The standard InChI is InChI=1S/C24H28N2O4/c1-29-21-14-19(15-22(16-21)30-2)8-9-23(27)26-12-10-20(11-13-26)24(28)25-17-18-6-4-3-5-7-18/h3-9,14-16,20H,10-13,17H2,1-2H3,(H,25,28)/b9-8+. The fourth-order valence-electron chi connectivity index (χ4n) is 3.49. The predicted molar refractivity (Wildman–Crippen MR) is 116 cm³/mol. The number of likely N-dealkylation sites (tertiary alicyclic amines) is 1. The van der Waals surface area contributed by atoms with Crippen LogP contribution < -0.4 is 14.8 Å². The molecular weight excluding hydrogens is 380 g/mol. The zero-order valence-electron chi connectivity index (χ0n) is 17.5. The fraction of sp³-hybridized carbons (Fsp3) is 0.333. The van der Waals surface area contributed by atoms with Gasteiger partial charge in [-0.05, 0) is 42.2 Å². The molecule has 0 radical (unpaired) electrons. The third-order valence-electron chi connectivity index (χ3n) is 5.28. The molecule has 0 spiro atoms. The zero-order chi connectivity index (χ0) is 21.3. The van der Waals surface area contributed by atoms with Gasteiger partial charge in [0.2, 0.25) is 11.8 Å². The van der Waals surface area contributed by atoms with Gasteiger partial charge in [0.25, 0.3) is 0 Å². The lowest BCUT2D eigenvalue weighted by Crippen LogP contribution is -2.42. The number of hydrogen-bond donors (Lipinski definition) is 1. The molecule has 0 aromatic heterocycles. The molecule has 1 aliphatic heterocycles. The van der Waals surface area contributed by atoms with Gasteiger partial charge in [-0.15, -0.1) is 0 Å². The van der Waals surface area contributed by atoms with E-state index in [0.29, 0.717) is 44.0 Å². The Morgan fingerprint density at radius 2 is 1.67 bits per heavy atom. The third kappa shape index (κ3) is 5.86. The molecule has 1 aliphatic rings. The average molecular weight is 408 g/mol. The number of methoxy groups -OCH3 is 2. The normalized spacial score (nSPS) is 14.5. The first-order valence-electron chi connectivity index (χ1n) is 10.1. The minimum Gasteiger partial charge on any atom is -0.497 e. The van der Waals surface area contributed by atoms with Gasteiger partial charge in [-0.25, -0.2) is 0 Å². The van der Waals surface area contributed by atoms with Crippen LogP contribution in [0.3, 0.4) is 0 Å². The van der Waals surface area contributed by atoms with Gasteiger partial charge in [0, 0.05) is 37.7 Å². The molecule has 1 N–H and O–H groups in total. The molecule has 1 heterocycles. The summed E-state index contributed by atoms with van der Waals surface area (Å²) < 4.78 is 10.5. The van der Waals surface area contributed by atoms with E-state index in [0.717, 1.165) is 11.1 Å². The Hall–Kier alpha value is -3.28. The average Bonchev–Trinajstić information content (AvgIpc) is 2.81. The lowest BCUT2D eigenvalue weighted by atomic mass is 9.95. The lowest BCUT2D eigenvalue weighted by Gasteiger charge is -2.30. The quantitative estimate of drug-likeness (QED) is 0.714. The Kier molecular flexibility index (Phi) is 7.49. The molecule has 1 saturated heterocycles. The number of piperidine rings is 1. The van der Waals surface area contributed by atoms with E-state index in [-0.39, 0.29) is 17.7 Å². The molecule has 0 unspecified atom stereocenters. The maximum atomic E-state index is 12.5. The number of amides is 2. The molecule has 30 heavy (non-hydrogen) atoms. The third-order valence-corrected chi connectivity index (χ3v) is 5.28. The highest BCUT2D eigenvalue weighted by molar-refractivity contribution is 5.92. The van der Waals surface area contributed by atoms with Crippen molar-refractivity contribution in [1.29, 1.82) is 0 Å². The number of rotatable bonds is 7. The molecule has 0 atom stereocenters. The maximum absolute atomic E-state index is 12.5. The van der Waals surface area contributed by atoms with E-state index < -0.39 is 0 Å². The van der Waals surface area contributed by atoms with Crippen molar-refractivity contribution in [3.8, 4) is 11.5 Å². The highest BCUT2D eigenvalue weighted by Crippen LogP contribution is 2.23. The molecule has 6 nitrogen and oxygen atoms in total. The first-order chi connectivity index (χ1) is 14.6. The van der Waals surface area contributed by atoms with Crippen LogP contribution in [0.15, 0.2) is 54.6 Å². The van der Waals surface area contributed by atoms with Crippen LogP contribution in [-0.2, 0) is 16.1 Å². The second-order valence-electron chi connectivity index (χ2n) is 7.28. The van der Waals surface area contributed by atoms with Gasteiger partial charge in [0.15, 0.2) is 0 Å². The summed E-state index contributed by atoms with van der Waals surface area (Å²) in [5.74, 6) is 1.29. The van der Waals surface area contributed by atoms with E-state index in [1.165, 1.54) is 0 Å². The van der Waals surface area contributed by atoms with Gasteiger partial charge in [-0.3, -0.25) is 9.59 Å². The fourth-order valence-corrected chi connectivity index (χ4v) is 3.49. The lowest BCUT2D eigenvalue weighted by molar-refractivity contribution is -0.132. The summed E-state index contributed by atoms with van der Waals surface area (Å²) in [6.07, 6.45) is 4.66. The Bertz CT molecular complexity index is 865. The first kappa shape index (κ1) is 21.4. The molecule has 1 fully saturated rings. The van der Waals surface area contributed by atoms with Crippen LogP contribution >= 0.6 is 0 Å². The Morgan fingerprint density at radius 3 is 2.27 bits per heavy atom. The molecular formula is C24H28N2O4. The van der Waals surface area contributed by atoms with Crippen LogP contribution in [0.4, 0.5) is 0 Å². The summed E-state index contributed by atoms with van der Waals surface area (Å²) in [5.41, 5.74) is 1.91. The molecule has 0 bridgehead atoms.